The monoisotopic (exact) mass is 361 g/mol. The van der Waals surface area contributed by atoms with Gasteiger partial charge in [-0.3, -0.25) is 0 Å². The van der Waals surface area contributed by atoms with Crippen molar-refractivity contribution in [3.63, 3.8) is 0 Å². The minimum atomic E-state index is -0.434. The van der Waals surface area contributed by atoms with Crippen LogP contribution in [0.15, 0.2) is 29.6 Å². The van der Waals surface area contributed by atoms with E-state index in [-0.39, 0.29) is 11.7 Å². The van der Waals surface area contributed by atoms with E-state index in [1.807, 2.05) is 38.1 Å². The highest BCUT2D eigenvalue weighted by Gasteiger charge is 2.17. The Labute approximate surface area is 151 Å². The van der Waals surface area contributed by atoms with Crippen molar-refractivity contribution in [1.29, 1.82) is 0 Å². The van der Waals surface area contributed by atoms with Crippen LogP contribution in [-0.4, -0.2) is 35.0 Å². The van der Waals surface area contributed by atoms with Crippen molar-refractivity contribution in [1.82, 2.24) is 9.88 Å². The zero-order valence-corrected chi connectivity index (χ0v) is 15.6. The molecule has 0 aliphatic rings. The van der Waals surface area contributed by atoms with Gasteiger partial charge in [0, 0.05) is 17.6 Å². The number of thiazole rings is 1. The van der Waals surface area contributed by atoms with Gasteiger partial charge in [0.1, 0.15) is 5.01 Å². The number of amides is 2. The Kier molecular flexibility index (Phi) is 6.94. The summed E-state index contributed by atoms with van der Waals surface area (Å²) >= 11 is 1.35. The number of anilines is 1. The Morgan fingerprint density at radius 3 is 2.80 bits per heavy atom. The van der Waals surface area contributed by atoms with Crippen LogP contribution in [0.3, 0.4) is 0 Å². The Hall–Kier alpha value is -2.41. The summed E-state index contributed by atoms with van der Waals surface area (Å²) in [4.78, 5) is 30.2. The molecule has 0 saturated carbocycles. The molecule has 0 fully saturated rings. The van der Waals surface area contributed by atoms with Gasteiger partial charge in [0.2, 0.25) is 0 Å². The van der Waals surface area contributed by atoms with Gasteiger partial charge in [-0.1, -0.05) is 19.1 Å². The van der Waals surface area contributed by atoms with Crippen LogP contribution in [0.1, 0.15) is 41.3 Å². The van der Waals surface area contributed by atoms with E-state index in [9.17, 15) is 9.59 Å². The number of carbonyl (C=O) groups is 2. The van der Waals surface area contributed by atoms with Gasteiger partial charge in [-0.15, -0.1) is 11.3 Å². The standard InChI is InChI=1S/C18H23N3O3S/c1-4-9-21(18(23)19-14-8-6-7-13(3)10-14)11-16-20-15(12-25-16)17(22)24-5-2/h6-8,10,12H,4-5,9,11H2,1-3H3,(H,19,23). The van der Waals surface area contributed by atoms with E-state index in [4.69, 9.17) is 4.74 Å². The molecule has 1 N–H and O–H groups in total. The van der Waals surface area contributed by atoms with Gasteiger partial charge in [0.25, 0.3) is 0 Å². The summed E-state index contributed by atoms with van der Waals surface area (Å²) in [5, 5.41) is 5.28. The van der Waals surface area contributed by atoms with Gasteiger partial charge in [-0.25, -0.2) is 14.6 Å². The molecule has 0 radical (unpaired) electrons. The van der Waals surface area contributed by atoms with Gasteiger partial charge >= 0.3 is 12.0 Å². The topological polar surface area (TPSA) is 71.5 Å². The van der Waals surface area contributed by atoms with Crippen LogP contribution < -0.4 is 5.32 Å². The van der Waals surface area contributed by atoms with E-state index in [2.05, 4.69) is 10.3 Å². The molecule has 0 atom stereocenters. The fourth-order valence-corrected chi connectivity index (χ4v) is 3.07. The second-order valence-corrected chi connectivity index (χ2v) is 6.51. The van der Waals surface area contributed by atoms with Gasteiger partial charge in [-0.2, -0.15) is 0 Å². The molecular formula is C18H23N3O3S. The Morgan fingerprint density at radius 2 is 2.12 bits per heavy atom. The number of rotatable bonds is 7. The molecule has 25 heavy (non-hydrogen) atoms. The van der Waals surface area contributed by atoms with Gasteiger partial charge in [-0.05, 0) is 38.0 Å². The van der Waals surface area contributed by atoms with Crippen molar-refractivity contribution in [2.45, 2.75) is 33.7 Å². The van der Waals surface area contributed by atoms with Gasteiger partial charge < -0.3 is 15.0 Å². The first kappa shape index (κ1) is 18.9. The summed E-state index contributed by atoms with van der Waals surface area (Å²) in [5.41, 5.74) is 2.13. The molecule has 0 aliphatic carbocycles. The number of nitrogens with one attached hydrogen (secondary N) is 1. The molecular weight excluding hydrogens is 338 g/mol. The summed E-state index contributed by atoms with van der Waals surface area (Å²) in [7, 11) is 0. The minimum absolute atomic E-state index is 0.180. The highest BCUT2D eigenvalue weighted by atomic mass is 32.1. The molecule has 7 heteroatoms. The average Bonchev–Trinajstić information content (AvgIpc) is 3.03. The number of hydrogen-bond acceptors (Lipinski definition) is 5. The molecule has 0 spiro atoms. The molecule has 1 aromatic heterocycles. The van der Waals surface area contributed by atoms with Gasteiger partial charge in [0.05, 0.1) is 13.2 Å². The van der Waals surface area contributed by atoms with E-state index in [1.165, 1.54) is 11.3 Å². The number of aromatic nitrogens is 1. The van der Waals surface area contributed by atoms with E-state index >= 15 is 0 Å². The summed E-state index contributed by atoms with van der Waals surface area (Å²) in [6, 6.07) is 7.48. The van der Waals surface area contributed by atoms with Crippen LogP contribution in [0, 0.1) is 6.92 Å². The van der Waals surface area contributed by atoms with Crippen molar-refractivity contribution in [2.24, 2.45) is 0 Å². The Balaban J connectivity index is 2.04. The largest absolute Gasteiger partial charge is 0.461 e. The highest BCUT2D eigenvalue weighted by Crippen LogP contribution is 2.16. The SMILES string of the molecule is CCCN(Cc1nc(C(=O)OCC)cs1)C(=O)Nc1cccc(C)c1. The number of nitrogens with zero attached hydrogens (tertiary/aromatic N) is 2. The second kappa shape index (κ2) is 9.17. The van der Waals surface area contributed by atoms with Crippen LogP contribution in [-0.2, 0) is 11.3 Å². The number of ether oxygens (including phenoxy) is 1. The lowest BCUT2D eigenvalue weighted by Gasteiger charge is -2.21. The molecule has 2 rings (SSSR count). The zero-order valence-electron chi connectivity index (χ0n) is 14.7. The smallest absolute Gasteiger partial charge is 0.357 e. The van der Waals surface area contributed by atoms with E-state index < -0.39 is 5.97 Å². The van der Waals surface area contributed by atoms with Crippen LogP contribution in [0.2, 0.25) is 0 Å². The quantitative estimate of drug-likeness (QED) is 0.755. The fourth-order valence-electron chi connectivity index (χ4n) is 2.29. The number of hydrogen-bond donors (Lipinski definition) is 1. The van der Waals surface area contributed by atoms with E-state index in [0.29, 0.717) is 24.7 Å². The number of aryl methyl sites for hydroxylation is 1. The lowest BCUT2D eigenvalue weighted by atomic mass is 10.2. The molecule has 0 bridgehead atoms. The predicted molar refractivity (Wildman–Crippen MR) is 99.0 cm³/mol. The maximum atomic E-state index is 12.6. The van der Waals surface area contributed by atoms with Crippen LogP contribution in [0.25, 0.3) is 0 Å². The molecule has 2 amide bonds. The second-order valence-electron chi connectivity index (χ2n) is 5.57. The molecule has 0 unspecified atom stereocenters. The summed E-state index contributed by atoms with van der Waals surface area (Å²) in [6.07, 6.45) is 0.831. The molecule has 1 heterocycles. The summed E-state index contributed by atoms with van der Waals surface area (Å²) in [6.45, 7) is 7.02. The third-order valence-electron chi connectivity index (χ3n) is 3.41. The fraction of sp³-hybridized carbons (Fsp3) is 0.389. The Morgan fingerprint density at radius 1 is 1.32 bits per heavy atom. The van der Waals surface area contributed by atoms with Crippen LogP contribution in [0.5, 0.6) is 0 Å². The average molecular weight is 361 g/mol. The van der Waals surface area contributed by atoms with Crippen molar-refractivity contribution in [2.75, 3.05) is 18.5 Å². The summed E-state index contributed by atoms with van der Waals surface area (Å²) in [5.74, 6) is -0.434. The van der Waals surface area contributed by atoms with Crippen molar-refractivity contribution < 1.29 is 14.3 Å². The molecule has 0 aliphatic heterocycles. The third kappa shape index (κ3) is 5.56. The Bertz CT molecular complexity index is 730. The van der Waals surface area contributed by atoms with Gasteiger partial charge in [0.15, 0.2) is 5.69 Å². The number of carbonyl (C=O) groups excluding carboxylic acids is 2. The van der Waals surface area contributed by atoms with E-state index in [0.717, 1.165) is 17.7 Å². The molecule has 1 aromatic carbocycles. The maximum Gasteiger partial charge on any atom is 0.357 e. The number of benzene rings is 1. The zero-order chi connectivity index (χ0) is 18.2. The number of esters is 1. The minimum Gasteiger partial charge on any atom is -0.461 e. The highest BCUT2D eigenvalue weighted by molar-refractivity contribution is 7.09. The normalized spacial score (nSPS) is 10.4. The first-order valence-electron chi connectivity index (χ1n) is 8.27. The molecule has 0 saturated heterocycles. The molecule has 6 nitrogen and oxygen atoms in total. The lowest BCUT2D eigenvalue weighted by molar-refractivity contribution is 0.0520. The first-order chi connectivity index (χ1) is 12.0. The van der Waals surface area contributed by atoms with E-state index in [1.54, 1.807) is 17.2 Å². The number of urea groups is 1. The molecule has 134 valence electrons. The lowest BCUT2D eigenvalue weighted by Crippen LogP contribution is -2.35. The predicted octanol–water partition coefficient (Wildman–Crippen LogP) is 4.07. The van der Waals surface area contributed by atoms with Crippen LogP contribution in [0.4, 0.5) is 10.5 Å². The van der Waals surface area contributed by atoms with Crippen molar-refractivity contribution in [3.05, 3.63) is 45.9 Å². The molecule has 2 aromatic rings. The summed E-state index contributed by atoms with van der Waals surface area (Å²) < 4.78 is 4.94. The van der Waals surface area contributed by atoms with Crippen LogP contribution >= 0.6 is 11.3 Å². The van der Waals surface area contributed by atoms with Crippen molar-refractivity contribution in [3.8, 4) is 0 Å². The first-order valence-corrected chi connectivity index (χ1v) is 9.15. The maximum absolute atomic E-state index is 12.6. The van der Waals surface area contributed by atoms with Crippen molar-refractivity contribution >= 4 is 29.0 Å². The third-order valence-corrected chi connectivity index (χ3v) is 4.25.